The Morgan fingerprint density at radius 3 is 1.56 bits per heavy atom. The minimum absolute atomic E-state index is 0. The first-order valence-electron chi connectivity index (χ1n) is 11.4. The molecule has 0 bridgehead atoms. The number of carbonyl (C=O) groups is 2. The molecule has 1 atom stereocenters. The van der Waals surface area contributed by atoms with E-state index >= 15 is 0 Å². The predicted molar refractivity (Wildman–Crippen MR) is 117 cm³/mol. The van der Waals surface area contributed by atoms with Crippen molar-refractivity contribution in [2.75, 3.05) is 0 Å². The Labute approximate surface area is 191 Å². The molecule has 0 N–H and O–H groups in total. The van der Waals surface area contributed by atoms with Gasteiger partial charge in [-0.3, -0.25) is 9.59 Å². The van der Waals surface area contributed by atoms with Gasteiger partial charge < -0.3 is 4.74 Å². The van der Waals surface area contributed by atoms with E-state index in [0.29, 0.717) is 6.42 Å². The van der Waals surface area contributed by atoms with Gasteiger partial charge in [-0.2, -0.15) is 0 Å². The monoisotopic (exact) mass is 392 g/mol. The van der Waals surface area contributed by atoms with Gasteiger partial charge in [0.15, 0.2) is 0 Å². The van der Waals surface area contributed by atoms with E-state index in [4.69, 9.17) is 4.74 Å². The SMILES string of the molecule is CCCCCCCCCCC(C)C(=O)OC(=O)CCCCCCCCC.[NaH]. The summed E-state index contributed by atoms with van der Waals surface area (Å²) in [7, 11) is 0. The molecule has 0 saturated carbocycles. The molecule has 4 heteroatoms. The van der Waals surface area contributed by atoms with Crippen molar-refractivity contribution in [1.82, 2.24) is 0 Å². The van der Waals surface area contributed by atoms with Gasteiger partial charge in [0.25, 0.3) is 0 Å². The summed E-state index contributed by atoms with van der Waals surface area (Å²) in [6.07, 6.45) is 19.5. The summed E-state index contributed by atoms with van der Waals surface area (Å²) in [6, 6.07) is 0. The summed E-state index contributed by atoms with van der Waals surface area (Å²) in [5.74, 6) is -0.833. The number of esters is 2. The van der Waals surface area contributed by atoms with Crippen LogP contribution in [0.2, 0.25) is 0 Å². The standard InChI is InChI=1S/C23H44O3.Na.H/c1-4-6-8-10-12-14-15-17-19-21(3)23(25)26-22(24)20-18-16-13-11-9-7-5-2;;/h21H,4-20H2,1-3H3;;. The molecule has 0 spiro atoms. The number of ether oxygens (including phenoxy) is 1. The molecule has 156 valence electrons. The van der Waals surface area contributed by atoms with Crippen LogP contribution in [0.15, 0.2) is 0 Å². The second-order valence-corrected chi connectivity index (χ2v) is 7.83. The summed E-state index contributed by atoms with van der Waals surface area (Å²) in [5.41, 5.74) is 0. The third-order valence-corrected chi connectivity index (χ3v) is 5.09. The summed E-state index contributed by atoms with van der Waals surface area (Å²) < 4.78 is 5.00. The van der Waals surface area contributed by atoms with E-state index in [1.807, 2.05) is 6.92 Å². The van der Waals surface area contributed by atoms with Crippen LogP contribution in [0, 0.1) is 5.92 Å². The molecule has 0 heterocycles. The van der Waals surface area contributed by atoms with Crippen LogP contribution in [0.1, 0.15) is 130 Å². The summed E-state index contributed by atoms with van der Waals surface area (Å²) in [4.78, 5) is 23.7. The van der Waals surface area contributed by atoms with Crippen LogP contribution in [0.5, 0.6) is 0 Å². The molecule has 1 unspecified atom stereocenters. The molecule has 0 aliphatic carbocycles. The Kier molecular flexibility index (Phi) is 24.4. The van der Waals surface area contributed by atoms with Gasteiger partial charge in [-0.05, 0) is 12.8 Å². The quantitative estimate of drug-likeness (QED) is 0.113. The first-order valence-corrected chi connectivity index (χ1v) is 11.4. The van der Waals surface area contributed by atoms with Crippen LogP contribution in [-0.4, -0.2) is 41.5 Å². The second kappa shape index (κ2) is 22.4. The van der Waals surface area contributed by atoms with E-state index in [-0.39, 0.29) is 47.4 Å². The van der Waals surface area contributed by atoms with Gasteiger partial charge in [0.2, 0.25) is 0 Å². The molecule has 0 saturated heterocycles. The van der Waals surface area contributed by atoms with Gasteiger partial charge in [-0.1, -0.05) is 111 Å². The third kappa shape index (κ3) is 20.7. The van der Waals surface area contributed by atoms with E-state index in [1.54, 1.807) is 0 Å². The van der Waals surface area contributed by atoms with Gasteiger partial charge >= 0.3 is 41.5 Å². The maximum absolute atomic E-state index is 12.0. The third-order valence-electron chi connectivity index (χ3n) is 5.09. The molecule has 0 aliphatic heterocycles. The summed E-state index contributed by atoms with van der Waals surface area (Å²) in [6.45, 7) is 6.33. The molecule has 0 aromatic heterocycles. The van der Waals surface area contributed by atoms with Crippen molar-refractivity contribution in [2.45, 2.75) is 130 Å². The molecule has 0 fully saturated rings. The van der Waals surface area contributed by atoms with E-state index in [0.717, 1.165) is 25.7 Å². The first-order chi connectivity index (χ1) is 12.6. The molecule has 27 heavy (non-hydrogen) atoms. The molecule has 0 aliphatic rings. The first kappa shape index (κ1) is 29.3. The van der Waals surface area contributed by atoms with E-state index in [9.17, 15) is 9.59 Å². The molecular weight excluding hydrogens is 347 g/mol. The molecule has 3 nitrogen and oxygen atoms in total. The Hall–Kier alpha value is 0.140. The van der Waals surface area contributed by atoms with Crippen LogP contribution < -0.4 is 0 Å². The van der Waals surface area contributed by atoms with Gasteiger partial charge in [0.05, 0.1) is 5.92 Å². The number of rotatable bonds is 18. The molecule has 0 aromatic carbocycles. The Morgan fingerprint density at radius 2 is 1.07 bits per heavy atom. The van der Waals surface area contributed by atoms with E-state index in [1.165, 1.54) is 77.0 Å². The van der Waals surface area contributed by atoms with Gasteiger partial charge in [-0.25, -0.2) is 0 Å². The van der Waals surface area contributed by atoms with Gasteiger partial charge in [-0.15, -0.1) is 0 Å². The number of unbranched alkanes of at least 4 members (excludes halogenated alkanes) is 13. The molecule has 0 radical (unpaired) electrons. The number of hydrogen-bond acceptors (Lipinski definition) is 3. The number of carbonyl (C=O) groups excluding carboxylic acids is 2. The Morgan fingerprint density at radius 1 is 0.667 bits per heavy atom. The zero-order valence-electron chi connectivity index (χ0n) is 17.8. The average Bonchev–Trinajstić information content (AvgIpc) is 2.62. The van der Waals surface area contributed by atoms with Crippen molar-refractivity contribution in [1.29, 1.82) is 0 Å². The molecule has 0 rings (SSSR count). The Bertz CT molecular complexity index is 345. The fourth-order valence-corrected chi connectivity index (χ4v) is 3.19. The Balaban J connectivity index is 0. The maximum atomic E-state index is 12.0. The van der Waals surface area contributed by atoms with Gasteiger partial charge in [0, 0.05) is 6.42 Å². The van der Waals surface area contributed by atoms with Crippen molar-refractivity contribution in [3.05, 3.63) is 0 Å². The van der Waals surface area contributed by atoms with Crippen molar-refractivity contribution >= 4 is 41.5 Å². The van der Waals surface area contributed by atoms with E-state index in [2.05, 4.69) is 13.8 Å². The zero-order chi connectivity index (χ0) is 19.5. The minimum atomic E-state index is -0.341. The topological polar surface area (TPSA) is 43.4 Å². The van der Waals surface area contributed by atoms with Crippen LogP contribution in [-0.2, 0) is 14.3 Å². The summed E-state index contributed by atoms with van der Waals surface area (Å²) >= 11 is 0. The van der Waals surface area contributed by atoms with E-state index < -0.39 is 0 Å². The van der Waals surface area contributed by atoms with Crippen molar-refractivity contribution in [3.63, 3.8) is 0 Å². The fourth-order valence-electron chi connectivity index (χ4n) is 3.19. The zero-order valence-corrected chi connectivity index (χ0v) is 17.8. The second-order valence-electron chi connectivity index (χ2n) is 7.83. The predicted octanol–water partition coefficient (Wildman–Crippen LogP) is 6.72. The van der Waals surface area contributed by atoms with Crippen molar-refractivity contribution in [3.8, 4) is 0 Å². The summed E-state index contributed by atoms with van der Waals surface area (Å²) in [5, 5.41) is 0. The van der Waals surface area contributed by atoms with Crippen LogP contribution in [0.4, 0.5) is 0 Å². The number of hydrogen-bond donors (Lipinski definition) is 0. The molecule has 0 aromatic rings. The average molecular weight is 393 g/mol. The van der Waals surface area contributed by atoms with Gasteiger partial charge in [0.1, 0.15) is 0 Å². The molecular formula is C23H45NaO3. The van der Waals surface area contributed by atoms with Crippen molar-refractivity contribution < 1.29 is 14.3 Å². The normalized spacial score (nSPS) is 11.7. The molecule has 0 amide bonds. The fraction of sp³-hybridized carbons (Fsp3) is 0.913. The van der Waals surface area contributed by atoms with Crippen LogP contribution in [0.25, 0.3) is 0 Å². The van der Waals surface area contributed by atoms with Crippen LogP contribution >= 0.6 is 0 Å². The van der Waals surface area contributed by atoms with Crippen molar-refractivity contribution in [2.24, 2.45) is 5.92 Å². The van der Waals surface area contributed by atoms with Crippen LogP contribution in [0.3, 0.4) is 0 Å².